The third-order valence-corrected chi connectivity index (χ3v) is 3.64. The van der Waals surface area contributed by atoms with E-state index < -0.39 is 5.82 Å². The van der Waals surface area contributed by atoms with E-state index in [1.807, 2.05) is 0 Å². The van der Waals surface area contributed by atoms with Crippen molar-refractivity contribution >= 4 is 46.4 Å². The summed E-state index contributed by atoms with van der Waals surface area (Å²) in [6, 6.07) is 7.57. The van der Waals surface area contributed by atoms with Crippen LogP contribution < -0.4 is 0 Å². The maximum Gasteiger partial charge on any atom is 0.142 e. The monoisotopic (exact) mass is 308 g/mol. The predicted molar refractivity (Wildman–Crippen MR) is 71.9 cm³/mol. The third-order valence-electron chi connectivity index (χ3n) is 2.23. The van der Waals surface area contributed by atoms with Crippen molar-refractivity contribution in [3.8, 4) is 11.1 Å². The molecule has 0 saturated heterocycles. The van der Waals surface area contributed by atoms with Gasteiger partial charge in [-0.15, -0.1) is 0 Å². The summed E-state index contributed by atoms with van der Waals surface area (Å²) in [5, 5.41) is 1.00. The van der Waals surface area contributed by atoms with Gasteiger partial charge in [-0.2, -0.15) is 0 Å². The Bertz CT molecular complexity index is 581. The van der Waals surface area contributed by atoms with Gasteiger partial charge in [0.05, 0.1) is 15.1 Å². The van der Waals surface area contributed by atoms with E-state index in [-0.39, 0.29) is 5.02 Å². The Morgan fingerprint density at radius 2 is 1.53 bits per heavy atom. The Balaban J connectivity index is 2.73. The number of halogens is 5. The lowest BCUT2D eigenvalue weighted by atomic mass is 10.1. The minimum Gasteiger partial charge on any atom is -0.205 e. The molecule has 0 aliphatic heterocycles. The first-order valence-corrected chi connectivity index (χ1v) is 6.11. The highest BCUT2D eigenvalue weighted by Crippen LogP contribution is 2.39. The molecule has 0 nitrogen and oxygen atoms in total. The van der Waals surface area contributed by atoms with Crippen LogP contribution in [0, 0.1) is 5.82 Å². The number of hydrogen-bond donors (Lipinski definition) is 0. The molecule has 0 aromatic heterocycles. The number of hydrogen-bond acceptors (Lipinski definition) is 0. The zero-order chi connectivity index (χ0) is 12.6. The van der Waals surface area contributed by atoms with Gasteiger partial charge in [0.15, 0.2) is 0 Å². The highest BCUT2D eigenvalue weighted by atomic mass is 35.5. The maximum atomic E-state index is 13.4. The molecule has 0 aliphatic carbocycles. The zero-order valence-electron chi connectivity index (χ0n) is 8.28. The first-order valence-electron chi connectivity index (χ1n) is 4.59. The van der Waals surface area contributed by atoms with Gasteiger partial charge in [-0.25, -0.2) is 4.39 Å². The molecular weight excluding hydrogens is 305 g/mol. The second-order valence-electron chi connectivity index (χ2n) is 3.35. The van der Waals surface area contributed by atoms with Crippen LogP contribution in [0.5, 0.6) is 0 Å². The minimum absolute atomic E-state index is 0.00673. The fraction of sp³-hybridized carbons (Fsp3) is 0. The Kier molecular flexibility index (Phi) is 3.84. The van der Waals surface area contributed by atoms with Gasteiger partial charge in [0.1, 0.15) is 5.82 Å². The van der Waals surface area contributed by atoms with Gasteiger partial charge in [0.25, 0.3) is 0 Å². The Morgan fingerprint density at radius 1 is 0.824 bits per heavy atom. The molecule has 0 atom stereocenters. The van der Waals surface area contributed by atoms with Crippen LogP contribution in [0.4, 0.5) is 4.39 Å². The molecule has 0 heterocycles. The van der Waals surface area contributed by atoms with Gasteiger partial charge >= 0.3 is 0 Å². The summed E-state index contributed by atoms with van der Waals surface area (Å²) in [7, 11) is 0. The summed E-state index contributed by atoms with van der Waals surface area (Å²) in [5.74, 6) is -0.517. The van der Waals surface area contributed by atoms with E-state index in [2.05, 4.69) is 0 Å². The molecule has 5 heteroatoms. The van der Waals surface area contributed by atoms with Crippen LogP contribution in [0.2, 0.25) is 20.1 Å². The summed E-state index contributed by atoms with van der Waals surface area (Å²) < 4.78 is 13.4. The van der Waals surface area contributed by atoms with E-state index in [4.69, 9.17) is 46.4 Å². The van der Waals surface area contributed by atoms with Crippen LogP contribution in [0.15, 0.2) is 30.3 Å². The lowest BCUT2D eigenvalue weighted by molar-refractivity contribution is 0.629. The van der Waals surface area contributed by atoms with E-state index >= 15 is 0 Å². The quantitative estimate of drug-likeness (QED) is 0.558. The zero-order valence-corrected chi connectivity index (χ0v) is 11.3. The predicted octanol–water partition coefficient (Wildman–Crippen LogP) is 6.11. The Labute approximate surface area is 118 Å². The van der Waals surface area contributed by atoms with Gasteiger partial charge < -0.3 is 0 Å². The van der Waals surface area contributed by atoms with E-state index in [9.17, 15) is 4.39 Å². The molecule has 0 unspecified atom stereocenters. The van der Waals surface area contributed by atoms with Crippen LogP contribution in [0.1, 0.15) is 0 Å². The summed E-state index contributed by atoms with van der Waals surface area (Å²) in [6.07, 6.45) is 0. The normalized spacial score (nSPS) is 10.6. The average molecular weight is 310 g/mol. The van der Waals surface area contributed by atoms with Crippen LogP contribution in [0.25, 0.3) is 11.1 Å². The lowest BCUT2D eigenvalue weighted by Crippen LogP contribution is -1.86. The lowest BCUT2D eigenvalue weighted by Gasteiger charge is -2.09. The van der Waals surface area contributed by atoms with Crippen LogP contribution in [-0.2, 0) is 0 Å². The molecule has 0 fully saturated rings. The van der Waals surface area contributed by atoms with Gasteiger partial charge in [-0.3, -0.25) is 0 Å². The van der Waals surface area contributed by atoms with E-state index in [0.717, 1.165) is 0 Å². The SMILES string of the molecule is Fc1cccc(-c2cc(Cl)cc(Cl)c2Cl)c1Cl. The van der Waals surface area contributed by atoms with Crippen LogP contribution in [-0.4, -0.2) is 0 Å². The molecule has 0 bridgehead atoms. The highest BCUT2D eigenvalue weighted by Gasteiger charge is 2.14. The smallest absolute Gasteiger partial charge is 0.142 e. The van der Waals surface area contributed by atoms with Crippen molar-refractivity contribution in [3.05, 3.63) is 56.2 Å². The van der Waals surface area contributed by atoms with Crippen molar-refractivity contribution in [2.45, 2.75) is 0 Å². The van der Waals surface area contributed by atoms with Gasteiger partial charge in [-0.1, -0.05) is 58.5 Å². The largest absolute Gasteiger partial charge is 0.205 e. The number of benzene rings is 2. The number of rotatable bonds is 1. The molecule has 17 heavy (non-hydrogen) atoms. The van der Waals surface area contributed by atoms with Crippen LogP contribution in [0.3, 0.4) is 0 Å². The average Bonchev–Trinajstić information content (AvgIpc) is 2.27. The molecule has 0 amide bonds. The molecule has 2 aromatic rings. The second kappa shape index (κ2) is 5.03. The topological polar surface area (TPSA) is 0 Å². The summed E-state index contributed by atoms with van der Waals surface area (Å²) in [4.78, 5) is 0. The van der Waals surface area contributed by atoms with Crippen molar-refractivity contribution in [1.82, 2.24) is 0 Å². The maximum absolute atomic E-state index is 13.4. The molecule has 0 aliphatic rings. The van der Waals surface area contributed by atoms with Gasteiger partial charge in [0.2, 0.25) is 0 Å². The van der Waals surface area contributed by atoms with E-state index in [1.165, 1.54) is 12.1 Å². The standard InChI is InChI=1S/C12H5Cl4F/c13-6-4-8(11(15)9(14)5-6)7-2-1-3-10(17)12(7)16/h1-5H. The van der Waals surface area contributed by atoms with Gasteiger partial charge in [0, 0.05) is 16.1 Å². The van der Waals surface area contributed by atoms with Gasteiger partial charge in [-0.05, 0) is 18.2 Å². The summed E-state index contributed by atoms with van der Waals surface area (Å²) in [6.45, 7) is 0. The van der Waals surface area contributed by atoms with Crippen molar-refractivity contribution in [3.63, 3.8) is 0 Å². The molecule has 0 spiro atoms. The highest BCUT2D eigenvalue weighted by molar-refractivity contribution is 6.45. The first kappa shape index (κ1) is 13.0. The molecular formula is C12H5Cl4F. The van der Waals surface area contributed by atoms with Crippen LogP contribution >= 0.6 is 46.4 Å². The van der Waals surface area contributed by atoms with Crippen molar-refractivity contribution in [1.29, 1.82) is 0 Å². The molecule has 88 valence electrons. The minimum atomic E-state index is -0.517. The first-order chi connectivity index (χ1) is 8.00. The fourth-order valence-corrected chi connectivity index (χ4v) is 2.40. The van der Waals surface area contributed by atoms with Crippen molar-refractivity contribution < 1.29 is 4.39 Å². The fourth-order valence-electron chi connectivity index (χ4n) is 1.46. The Hall–Kier alpha value is -0.470. The van der Waals surface area contributed by atoms with E-state index in [0.29, 0.717) is 26.2 Å². The Morgan fingerprint density at radius 3 is 2.24 bits per heavy atom. The van der Waals surface area contributed by atoms with Crippen molar-refractivity contribution in [2.75, 3.05) is 0 Å². The summed E-state index contributed by atoms with van der Waals surface area (Å²) >= 11 is 23.7. The third kappa shape index (κ3) is 2.53. The van der Waals surface area contributed by atoms with E-state index in [1.54, 1.807) is 18.2 Å². The summed E-state index contributed by atoms with van der Waals surface area (Å²) in [5.41, 5.74) is 0.967. The molecule has 2 rings (SSSR count). The second-order valence-corrected chi connectivity index (χ2v) is 4.95. The molecule has 0 saturated carbocycles. The molecule has 0 N–H and O–H groups in total. The molecule has 0 radical (unpaired) electrons. The van der Waals surface area contributed by atoms with Crippen molar-refractivity contribution in [2.24, 2.45) is 0 Å². The molecule has 2 aromatic carbocycles.